The molecule has 0 radical (unpaired) electrons. The average Bonchev–Trinajstić information content (AvgIpc) is 2.80. The van der Waals surface area contributed by atoms with Crippen molar-refractivity contribution in [3.63, 3.8) is 0 Å². The molecule has 0 aliphatic carbocycles. The van der Waals surface area contributed by atoms with Gasteiger partial charge in [0, 0.05) is 10.6 Å². The monoisotopic (exact) mass is 505 g/mol. The Kier molecular flexibility index (Phi) is 8.32. The number of nitrogens with one attached hydrogen (secondary N) is 1. The number of sulfonamides is 1. The Bertz CT molecular complexity index is 1230. The van der Waals surface area contributed by atoms with Crippen molar-refractivity contribution in [2.75, 3.05) is 17.5 Å². The molecule has 3 aromatic rings. The molecule has 0 fully saturated rings. The maximum atomic E-state index is 13.3. The first kappa shape index (κ1) is 24.6. The molecule has 0 aliphatic rings. The van der Waals surface area contributed by atoms with E-state index in [9.17, 15) is 13.2 Å². The number of hydrogen-bond acceptors (Lipinski definition) is 5. The summed E-state index contributed by atoms with van der Waals surface area (Å²) in [5.41, 5.74) is 3.19. The lowest BCUT2D eigenvalue weighted by atomic mass is 10.2. The molecule has 0 spiro atoms. The van der Waals surface area contributed by atoms with E-state index in [1.54, 1.807) is 60.7 Å². The van der Waals surface area contributed by atoms with E-state index in [-0.39, 0.29) is 4.90 Å². The van der Waals surface area contributed by atoms with Crippen molar-refractivity contribution in [1.82, 2.24) is 5.43 Å². The van der Waals surface area contributed by atoms with Crippen LogP contribution in [0.3, 0.4) is 0 Å². The lowest BCUT2D eigenvalue weighted by molar-refractivity contribution is -0.119. The van der Waals surface area contributed by atoms with E-state index in [1.807, 2.05) is 6.92 Å². The van der Waals surface area contributed by atoms with Gasteiger partial charge in [-0.05, 0) is 55.5 Å². The normalized spacial score (nSPS) is 11.4. The van der Waals surface area contributed by atoms with Crippen molar-refractivity contribution in [3.8, 4) is 5.75 Å². The highest BCUT2D eigenvalue weighted by atomic mass is 35.5. The van der Waals surface area contributed by atoms with Crippen molar-refractivity contribution in [1.29, 1.82) is 0 Å². The van der Waals surface area contributed by atoms with Crippen LogP contribution in [0.15, 0.2) is 82.8 Å². The molecule has 0 aromatic heterocycles. The first-order valence-electron chi connectivity index (χ1n) is 9.89. The van der Waals surface area contributed by atoms with Crippen LogP contribution in [0.4, 0.5) is 5.69 Å². The van der Waals surface area contributed by atoms with Gasteiger partial charge in [0.2, 0.25) is 0 Å². The van der Waals surface area contributed by atoms with E-state index in [0.29, 0.717) is 33.7 Å². The van der Waals surface area contributed by atoms with Crippen molar-refractivity contribution in [2.24, 2.45) is 5.10 Å². The largest absolute Gasteiger partial charge is 0.494 e. The van der Waals surface area contributed by atoms with Gasteiger partial charge >= 0.3 is 0 Å². The molecule has 0 saturated heterocycles. The summed E-state index contributed by atoms with van der Waals surface area (Å²) >= 11 is 12.0. The minimum atomic E-state index is -4.02. The molecular formula is C23H21Cl2N3O4S. The number of amides is 1. The van der Waals surface area contributed by atoms with E-state index < -0.39 is 22.5 Å². The molecule has 1 amide bonds. The van der Waals surface area contributed by atoms with Crippen molar-refractivity contribution >= 4 is 51.0 Å². The minimum absolute atomic E-state index is 0.0585. The molecule has 1 N–H and O–H groups in total. The maximum absolute atomic E-state index is 13.3. The zero-order valence-corrected chi connectivity index (χ0v) is 19.9. The second-order valence-corrected chi connectivity index (χ2v) is 9.42. The Morgan fingerprint density at radius 1 is 1.06 bits per heavy atom. The van der Waals surface area contributed by atoms with Gasteiger partial charge < -0.3 is 4.74 Å². The number of hydrogen-bond donors (Lipinski definition) is 1. The van der Waals surface area contributed by atoms with Gasteiger partial charge in [0.1, 0.15) is 12.3 Å². The number of ether oxygens (including phenoxy) is 1. The van der Waals surface area contributed by atoms with Gasteiger partial charge in [0.15, 0.2) is 0 Å². The Balaban J connectivity index is 1.83. The number of nitrogens with zero attached hydrogens (tertiary/aromatic N) is 2. The van der Waals surface area contributed by atoms with Crippen LogP contribution in [-0.2, 0) is 14.8 Å². The molecule has 0 bridgehead atoms. The van der Waals surface area contributed by atoms with Crippen LogP contribution < -0.4 is 14.5 Å². The zero-order valence-electron chi connectivity index (χ0n) is 17.6. The topological polar surface area (TPSA) is 88.1 Å². The quantitative estimate of drug-likeness (QED) is 0.336. The van der Waals surface area contributed by atoms with Crippen molar-refractivity contribution in [2.45, 2.75) is 11.8 Å². The van der Waals surface area contributed by atoms with Gasteiger partial charge in [0.05, 0.1) is 28.4 Å². The zero-order chi connectivity index (χ0) is 23.8. The summed E-state index contributed by atoms with van der Waals surface area (Å²) in [6.07, 6.45) is 1.35. The highest BCUT2D eigenvalue weighted by Crippen LogP contribution is 2.26. The second kappa shape index (κ2) is 11.2. The summed E-state index contributed by atoms with van der Waals surface area (Å²) in [6.45, 7) is 1.84. The summed E-state index contributed by atoms with van der Waals surface area (Å²) in [4.78, 5) is 12.7. The fourth-order valence-electron chi connectivity index (χ4n) is 2.86. The predicted molar refractivity (Wildman–Crippen MR) is 131 cm³/mol. The molecule has 0 aliphatic heterocycles. The van der Waals surface area contributed by atoms with Crippen LogP contribution in [0.25, 0.3) is 0 Å². The number of carbonyl (C=O) groups excluding carboxylic acids is 1. The van der Waals surface area contributed by atoms with E-state index in [4.69, 9.17) is 27.9 Å². The summed E-state index contributed by atoms with van der Waals surface area (Å²) in [6, 6.07) is 19.2. The van der Waals surface area contributed by atoms with Crippen LogP contribution in [0.5, 0.6) is 5.75 Å². The van der Waals surface area contributed by atoms with Crippen LogP contribution in [-0.4, -0.2) is 33.7 Å². The molecular weight excluding hydrogens is 485 g/mol. The number of benzene rings is 3. The molecule has 172 valence electrons. The maximum Gasteiger partial charge on any atom is 0.264 e. The van der Waals surface area contributed by atoms with Crippen LogP contribution >= 0.6 is 23.2 Å². The standard InChI is InChI=1S/C23H21Cl2N3O4S/c1-2-32-20-12-10-19(11-13-20)28(33(30,31)21-6-4-3-5-7-21)16-23(29)27-26-15-17-8-9-18(24)14-22(17)25/h3-15H,2,16H2,1H3,(H,27,29)/b26-15-. The van der Waals surface area contributed by atoms with Crippen LogP contribution in [0, 0.1) is 0 Å². The lowest BCUT2D eigenvalue weighted by Crippen LogP contribution is -2.39. The van der Waals surface area contributed by atoms with Crippen molar-refractivity contribution in [3.05, 3.63) is 88.4 Å². The second-order valence-electron chi connectivity index (χ2n) is 6.71. The van der Waals surface area contributed by atoms with Gasteiger partial charge in [0.25, 0.3) is 15.9 Å². The predicted octanol–water partition coefficient (Wildman–Crippen LogP) is 4.74. The molecule has 33 heavy (non-hydrogen) atoms. The fourth-order valence-corrected chi connectivity index (χ4v) is 4.76. The SMILES string of the molecule is CCOc1ccc(N(CC(=O)N/N=C\c2ccc(Cl)cc2Cl)S(=O)(=O)c2ccccc2)cc1. The van der Waals surface area contributed by atoms with E-state index >= 15 is 0 Å². The Labute approximate surface area is 202 Å². The van der Waals surface area contributed by atoms with Gasteiger partial charge in [-0.1, -0.05) is 47.5 Å². The van der Waals surface area contributed by atoms with E-state index in [2.05, 4.69) is 10.5 Å². The third-order valence-electron chi connectivity index (χ3n) is 4.41. The number of rotatable bonds is 9. The van der Waals surface area contributed by atoms with E-state index in [0.717, 1.165) is 4.31 Å². The Morgan fingerprint density at radius 2 is 1.76 bits per heavy atom. The van der Waals surface area contributed by atoms with Crippen LogP contribution in [0.2, 0.25) is 10.0 Å². The Hall–Kier alpha value is -3.07. The molecule has 0 heterocycles. The first-order valence-corrected chi connectivity index (χ1v) is 12.1. The van der Waals surface area contributed by atoms with Gasteiger partial charge in [-0.25, -0.2) is 13.8 Å². The van der Waals surface area contributed by atoms with Gasteiger partial charge in [-0.3, -0.25) is 9.10 Å². The lowest BCUT2D eigenvalue weighted by Gasteiger charge is -2.24. The molecule has 0 saturated carbocycles. The summed E-state index contributed by atoms with van der Waals surface area (Å²) in [5, 5.41) is 4.71. The molecule has 0 unspecified atom stereocenters. The van der Waals surface area contributed by atoms with E-state index in [1.165, 1.54) is 18.3 Å². The van der Waals surface area contributed by atoms with Crippen molar-refractivity contribution < 1.29 is 17.9 Å². The number of anilines is 1. The number of hydrazone groups is 1. The van der Waals surface area contributed by atoms with Gasteiger partial charge in [-0.2, -0.15) is 5.10 Å². The molecule has 3 aromatic carbocycles. The summed E-state index contributed by atoms with van der Waals surface area (Å²) in [5.74, 6) is -0.0445. The number of halogens is 2. The first-order chi connectivity index (χ1) is 15.8. The third-order valence-corrected chi connectivity index (χ3v) is 6.76. The smallest absolute Gasteiger partial charge is 0.264 e. The minimum Gasteiger partial charge on any atom is -0.494 e. The van der Waals surface area contributed by atoms with Gasteiger partial charge in [-0.15, -0.1) is 0 Å². The highest BCUT2D eigenvalue weighted by Gasteiger charge is 2.27. The number of carbonyl (C=O) groups is 1. The average molecular weight is 506 g/mol. The fraction of sp³-hybridized carbons (Fsp3) is 0.130. The molecule has 7 nitrogen and oxygen atoms in total. The van der Waals surface area contributed by atoms with Crippen LogP contribution in [0.1, 0.15) is 12.5 Å². The summed E-state index contributed by atoms with van der Waals surface area (Å²) < 4.78 is 33.0. The molecule has 3 rings (SSSR count). The Morgan fingerprint density at radius 3 is 2.39 bits per heavy atom. The molecule has 10 heteroatoms. The molecule has 0 atom stereocenters. The summed E-state index contributed by atoms with van der Waals surface area (Å²) in [7, 11) is -4.02. The third kappa shape index (κ3) is 6.47. The highest BCUT2D eigenvalue weighted by molar-refractivity contribution is 7.92.